The van der Waals surface area contributed by atoms with Gasteiger partial charge in [0.2, 0.25) is 10.0 Å². The van der Waals surface area contributed by atoms with Gasteiger partial charge in [0.05, 0.1) is 28.5 Å². The Morgan fingerprint density at radius 3 is 2.00 bits per heavy atom. The molecule has 11 nitrogen and oxygen atoms in total. The number of benzene rings is 3. The van der Waals surface area contributed by atoms with Crippen LogP contribution in [0.3, 0.4) is 0 Å². The van der Waals surface area contributed by atoms with Gasteiger partial charge in [-0.05, 0) is 59.7 Å². The maximum atomic E-state index is 14.1. The number of halogens is 1. The minimum absolute atomic E-state index is 0.0792. The molecule has 0 aliphatic heterocycles. The molecule has 3 aromatic rings. The van der Waals surface area contributed by atoms with Gasteiger partial charge in [0.1, 0.15) is 11.5 Å². The number of amides is 1. The van der Waals surface area contributed by atoms with Gasteiger partial charge >= 0.3 is 0 Å². The van der Waals surface area contributed by atoms with Gasteiger partial charge in [-0.3, -0.25) is 19.7 Å². The summed E-state index contributed by atoms with van der Waals surface area (Å²) in [5.74, 6) is -0.625. The van der Waals surface area contributed by atoms with Gasteiger partial charge in [-0.15, -0.1) is 0 Å². The van der Waals surface area contributed by atoms with E-state index in [1.54, 1.807) is 19.1 Å². The smallest absolute Gasteiger partial charge is 0.269 e. The summed E-state index contributed by atoms with van der Waals surface area (Å²) in [4.78, 5) is 36.9. The molecule has 3 aromatic carbocycles. The van der Waals surface area contributed by atoms with E-state index in [0.29, 0.717) is 21.2 Å². The highest BCUT2D eigenvalue weighted by molar-refractivity contribution is 9.10. The second-order valence-electron chi connectivity index (χ2n) is 12.8. The van der Waals surface area contributed by atoms with Crippen LogP contribution in [0.15, 0.2) is 57.9 Å². The maximum Gasteiger partial charge on any atom is 0.269 e. The van der Waals surface area contributed by atoms with Crippen molar-refractivity contribution in [2.75, 3.05) is 20.2 Å². The topological polar surface area (TPSA) is 156 Å². The third kappa shape index (κ3) is 8.12. The normalized spacial score (nSPS) is 12.2. The molecule has 0 aliphatic carbocycles. The first-order chi connectivity index (χ1) is 21.2. The Balaban J connectivity index is 2.20. The number of carbonyl (C=O) groups is 2. The number of non-ortho nitro benzene ring substituents is 1. The van der Waals surface area contributed by atoms with Crippen LogP contribution in [0.4, 0.5) is 5.69 Å². The summed E-state index contributed by atoms with van der Waals surface area (Å²) >= 11 is 3.44. The third-order valence-electron chi connectivity index (χ3n) is 7.32. The molecule has 248 valence electrons. The van der Waals surface area contributed by atoms with Crippen molar-refractivity contribution in [3.05, 3.63) is 90.9 Å². The highest BCUT2D eigenvalue weighted by Gasteiger charge is 2.32. The number of ether oxygens (including phenoxy) is 1. The fraction of sp³-hybridized carbons (Fsp3) is 0.394. The number of hydrogen-bond donors (Lipinski definition) is 2. The van der Waals surface area contributed by atoms with E-state index in [9.17, 15) is 33.2 Å². The van der Waals surface area contributed by atoms with Gasteiger partial charge in [0, 0.05) is 46.9 Å². The highest BCUT2D eigenvalue weighted by atomic mass is 79.9. The van der Waals surface area contributed by atoms with Crippen molar-refractivity contribution in [1.82, 2.24) is 9.62 Å². The molecule has 0 aliphatic rings. The Labute approximate surface area is 278 Å². The number of aromatic hydroxyl groups is 1. The quantitative estimate of drug-likeness (QED) is 0.130. The fourth-order valence-electron chi connectivity index (χ4n) is 4.80. The second-order valence-corrected chi connectivity index (χ2v) is 15.6. The summed E-state index contributed by atoms with van der Waals surface area (Å²) < 4.78 is 35.2. The van der Waals surface area contributed by atoms with Crippen LogP contribution < -0.4 is 10.1 Å². The number of Topliss-reactive ketones (excluding diaryl/α,β-unsaturated/α-hetero) is 1. The number of nitrogens with one attached hydrogen (secondary N) is 1. The summed E-state index contributed by atoms with van der Waals surface area (Å²) in [5, 5.41) is 24.9. The van der Waals surface area contributed by atoms with Gasteiger partial charge in [-0.2, -0.15) is 4.31 Å². The molecule has 1 amide bonds. The molecular formula is C33H40BrN3O8S. The molecule has 0 saturated heterocycles. The van der Waals surface area contributed by atoms with Gasteiger partial charge in [0.15, 0.2) is 5.78 Å². The first kappa shape index (κ1) is 36.7. The molecule has 0 spiro atoms. The monoisotopic (exact) mass is 717 g/mol. The van der Waals surface area contributed by atoms with E-state index in [1.807, 2.05) is 41.5 Å². The number of nitro groups is 1. The van der Waals surface area contributed by atoms with Crippen LogP contribution in [0.2, 0.25) is 0 Å². The molecule has 0 heterocycles. The molecule has 46 heavy (non-hydrogen) atoms. The lowest BCUT2D eigenvalue weighted by Gasteiger charge is -2.28. The molecule has 0 atom stereocenters. The number of carbonyl (C=O) groups excluding carboxylic acids is 2. The summed E-state index contributed by atoms with van der Waals surface area (Å²) in [6.45, 7) is 12.5. The molecule has 0 bridgehead atoms. The van der Waals surface area contributed by atoms with Crippen molar-refractivity contribution in [3.63, 3.8) is 0 Å². The van der Waals surface area contributed by atoms with E-state index in [-0.39, 0.29) is 46.4 Å². The Morgan fingerprint density at radius 2 is 1.54 bits per heavy atom. The average Bonchev–Trinajstić information content (AvgIpc) is 2.96. The van der Waals surface area contributed by atoms with E-state index < -0.39 is 44.0 Å². The van der Waals surface area contributed by atoms with E-state index in [0.717, 1.165) is 28.6 Å². The first-order valence-corrected chi connectivity index (χ1v) is 16.8. The fourth-order valence-corrected chi connectivity index (χ4v) is 6.64. The largest absolute Gasteiger partial charge is 0.507 e. The minimum Gasteiger partial charge on any atom is -0.507 e. The number of nitro benzene ring substituents is 1. The Morgan fingerprint density at radius 1 is 1.00 bits per heavy atom. The van der Waals surface area contributed by atoms with E-state index in [4.69, 9.17) is 4.74 Å². The van der Waals surface area contributed by atoms with Crippen LogP contribution in [-0.2, 0) is 27.4 Å². The SMILES string of the molecule is CCOc1cc(CN(CC(=O)c2cc(C(C)(C)C)c(O)c(C(C)(C)C)c2)S(=O)(=O)c2ccc([N+](=O)[O-])cc2)c(Br)cc1C(=O)NC. The van der Waals surface area contributed by atoms with Crippen LogP contribution >= 0.6 is 15.9 Å². The number of ketones is 1. The van der Waals surface area contributed by atoms with Gasteiger partial charge < -0.3 is 15.2 Å². The molecule has 0 unspecified atom stereocenters. The Bertz CT molecular complexity index is 1720. The molecule has 0 fully saturated rings. The van der Waals surface area contributed by atoms with Gasteiger partial charge in [0.25, 0.3) is 11.6 Å². The molecular weight excluding hydrogens is 678 g/mol. The lowest BCUT2D eigenvalue weighted by atomic mass is 9.78. The molecule has 0 saturated carbocycles. The lowest BCUT2D eigenvalue weighted by molar-refractivity contribution is -0.384. The summed E-state index contributed by atoms with van der Waals surface area (Å²) in [6.07, 6.45) is 0. The van der Waals surface area contributed by atoms with Crippen LogP contribution in [0, 0.1) is 10.1 Å². The van der Waals surface area contributed by atoms with Crippen LogP contribution in [0.1, 0.15) is 85.9 Å². The number of hydrogen-bond acceptors (Lipinski definition) is 8. The first-order valence-electron chi connectivity index (χ1n) is 14.5. The van der Waals surface area contributed by atoms with Gasteiger partial charge in [-0.1, -0.05) is 57.5 Å². The van der Waals surface area contributed by atoms with E-state index in [1.165, 1.54) is 19.2 Å². The molecule has 0 radical (unpaired) electrons. The molecule has 3 rings (SSSR count). The predicted molar refractivity (Wildman–Crippen MR) is 179 cm³/mol. The number of rotatable bonds is 11. The lowest BCUT2D eigenvalue weighted by Crippen LogP contribution is -2.35. The Kier molecular flexibility index (Phi) is 11.1. The van der Waals surface area contributed by atoms with E-state index >= 15 is 0 Å². The summed E-state index contributed by atoms with van der Waals surface area (Å²) in [7, 11) is -2.93. The summed E-state index contributed by atoms with van der Waals surface area (Å²) in [5.41, 5.74) is 0.601. The minimum atomic E-state index is -4.40. The number of sulfonamides is 1. The number of nitrogens with zero attached hydrogens (tertiary/aromatic N) is 2. The van der Waals surface area contributed by atoms with Gasteiger partial charge in [-0.25, -0.2) is 8.42 Å². The third-order valence-corrected chi connectivity index (χ3v) is 9.86. The zero-order chi connectivity index (χ0) is 34.8. The number of phenolic OH excluding ortho intramolecular Hbond substituents is 1. The van der Waals surface area contributed by atoms with Crippen LogP contribution in [0.25, 0.3) is 0 Å². The van der Waals surface area contributed by atoms with Crippen molar-refractivity contribution in [2.45, 2.75) is 70.7 Å². The zero-order valence-corrected chi connectivity index (χ0v) is 29.6. The van der Waals surface area contributed by atoms with Crippen molar-refractivity contribution in [2.24, 2.45) is 0 Å². The highest BCUT2D eigenvalue weighted by Crippen LogP contribution is 2.40. The molecule has 13 heteroatoms. The Hall–Kier alpha value is -3.81. The average molecular weight is 719 g/mol. The van der Waals surface area contributed by atoms with Crippen molar-refractivity contribution in [3.8, 4) is 11.5 Å². The second kappa shape index (κ2) is 13.9. The van der Waals surface area contributed by atoms with Crippen LogP contribution in [-0.4, -0.2) is 54.6 Å². The maximum absolute atomic E-state index is 14.1. The molecule has 0 aromatic heterocycles. The predicted octanol–water partition coefficient (Wildman–Crippen LogP) is 6.49. The summed E-state index contributed by atoms with van der Waals surface area (Å²) in [6, 6.07) is 10.6. The standard InChI is InChI=1S/C33H40BrN3O8S/c1-9-45-29-16-21(27(34)17-24(29)31(40)35-8)18-36(46(43,44)23-12-10-22(11-13-23)37(41)42)19-28(38)20-14-25(32(2,3)4)30(39)26(15-20)33(5,6)7/h10-17,39H,9,18-19H2,1-8H3,(H,35,40). The van der Waals surface area contributed by atoms with Crippen molar-refractivity contribution >= 4 is 43.3 Å². The molecule has 2 N–H and O–H groups in total. The van der Waals surface area contributed by atoms with Crippen molar-refractivity contribution in [1.29, 1.82) is 0 Å². The number of phenols is 1. The van der Waals surface area contributed by atoms with Crippen LogP contribution in [0.5, 0.6) is 11.5 Å². The van der Waals surface area contributed by atoms with Crippen molar-refractivity contribution < 1.29 is 32.8 Å². The zero-order valence-electron chi connectivity index (χ0n) is 27.2. The van der Waals surface area contributed by atoms with E-state index in [2.05, 4.69) is 21.2 Å².